The summed E-state index contributed by atoms with van der Waals surface area (Å²) in [4.78, 5) is 12.2. The number of alkyl carbamates (subject to hydrolysis) is 1. The van der Waals surface area contributed by atoms with Gasteiger partial charge in [-0.25, -0.2) is 9.18 Å². The largest absolute Gasteiger partial charge is 0.449 e. The van der Waals surface area contributed by atoms with Crippen molar-refractivity contribution in [1.82, 2.24) is 5.32 Å². The van der Waals surface area contributed by atoms with Crippen molar-refractivity contribution >= 4 is 17.9 Å². The molecule has 158 valence electrons. The predicted molar refractivity (Wildman–Crippen MR) is 122 cm³/mol. The lowest BCUT2D eigenvalue weighted by molar-refractivity contribution is 0.143. The number of amides is 1. The van der Waals surface area contributed by atoms with Crippen LogP contribution >= 0.6 is 0 Å². The van der Waals surface area contributed by atoms with Gasteiger partial charge in [0.2, 0.25) is 0 Å². The van der Waals surface area contributed by atoms with E-state index in [2.05, 4.69) is 29.6 Å². The van der Waals surface area contributed by atoms with Crippen molar-refractivity contribution in [3.05, 3.63) is 94.8 Å². The molecule has 0 aromatic heterocycles. The molecule has 0 unspecified atom stereocenters. The van der Waals surface area contributed by atoms with Crippen LogP contribution in [0, 0.1) is 12.7 Å². The normalized spacial score (nSPS) is 12.6. The quantitative estimate of drug-likeness (QED) is 0.403. The van der Waals surface area contributed by atoms with Crippen molar-refractivity contribution in [2.75, 3.05) is 18.9 Å². The monoisotopic (exact) mass is 416 g/mol. The zero-order valence-electron chi connectivity index (χ0n) is 17.4. The minimum atomic E-state index is -0.454. The Morgan fingerprint density at radius 1 is 1.06 bits per heavy atom. The second-order valence-electron chi connectivity index (χ2n) is 7.63. The van der Waals surface area contributed by atoms with Gasteiger partial charge in [0, 0.05) is 29.3 Å². The molecular formula is C26H25FN2O2. The summed E-state index contributed by atoms with van der Waals surface area (Å²) in [6, 6.07) is 19.8. The molecule has 1 amide bonds. The SMILES string of the molecule is Cc1c(N)ccc(C=CCCNC(=O)OCC2c3ccccc3-c3ccccc32)c1F. The number of anilines is 1. The molecule has 0 aliphatic heterocycles. The second-order valence-corrected chi connectivity index (χ2v) is 7.63. The lowest BCUT2D eigenvalue weighted by Gasteiger charge is -2.14. The molecule has 0 spiro atoms. The Labute approximate surface area is 181 Å². The van der Waals surface area contributed by atoms with Crippen LogP contribution in [0.15, 0.2) is 66.7 Å². The second kappa shape index (κ2) is 9.04. The molecule has 0 saturated heterocycles. The van der Waals surface area contributed by atoms with Gasteiger partial charge in [-0.2, -0.15) is 0 Å². The van der Waals surface area contributed by atoms with E-state index in [1.54, 1.807) is 25.1 Å². The maximum absolute atomic E-state index is 14.1. The molecule has 0 radical (unpaired) electrons. The highest BCUT2D eigenvalue weighted by Crippen LogP contribution is 2.44. The first kappa shape index (κ1) is 20.7. The minimum Gasteiger partial charge on any atom is -0.449 e. The van der Waals surface area contributed by atoms with E-state index in [1.807, 2.05) is 30.3 Å². The summed E-state index contributed by atoms with van der Waals surface area (Å²) in [6.07, 6.45) is 3.62. The fourth-order valence-electron chi connectivity index (χ4n) is 3.97. The highest BCUT2D eigenvalue weighted by atomic mass is 19.1. The molecular weight excluding hydrogens is 391 g/mol. The van der Waals surface area contributed by atoms with Crippen molar-refractivity contribution in [1.29, 1.82) is 0 Å². The van der Waals surface area contributed by atoms with Gasteiger partial charge in [-0.05, 0) is 47.7 Å². The molecule has 4 nitrogen and oxygen atoms in total. The Balaban J connectivity index is 1.28. The number of hydrogen-bond donors (Lipinski definition) is 2. The van der Waals surface area contributed by atoms with Gasteiger partial charge in [0.1, 0.15) is 12.4 Å². The Morgan fingerprint density at radius 3 is 2.39 bits per heavy atom. The molecule has 3 aromatic carbocycles. The number of nitrogens with one attached hydrogen (secondary N) is 1. The summed E-state index contributed by atoms with van der Waals surface area (Å²) >= 11 is 0. The van der Waals surface area contributed by atoms with Crippen LogP contribution in [0.4, 0.5) is 14.9 Å². The Kier molecular flexibility index (Phi) is 6.03. The number of ether oxygens (including phenoxy) is 1. The first-order valence-corrected chi connectivity index (χ1v) is 10.4. The number of benzene rings is 3. The molecule has 1 aliphatic carbocycles. The molecule has 3 aromatic rings. The van der Waals surface area contributed by atoms with Crippen LogP contribution in [0.25, 0.3) is 17.2 Å². The van der Waals surface area contributed by atoms with Gasteiger partial charge in [-0.3, -0.25) is 0 Å². The van der Waals surface area contributed by atoms with Gasteiger partial charge < -0.3 is 15.8 Å². The number of hydrogen-bond acceptors (Lipinski definition) is 3. The van der Waals surface area contributed by atoms with Gasteiger partial charge in [-0.15, -0.1) is 0 Å². The summed E-state index contributed by atoms with van der Waals surface area (Å²) in [5.74, 6) is -0.282. The fourth-order valence-corrected chi connectivity index (χ4v) is 3.97. The smallest absolute Gasteiger partial charge is 0.407 e. The van der Waals surface area contributed by atoms with Crippen molar-refractivity contribution in [3.63, 3.8) is 0 Å². The van der Waals surface area contributed by atoms with Gasteiger partial charge >= 0.3 is 6.09 Å². The van der Waals surface area contributed by atoms with Crippen LogP contribution in [0.2, 0.25) is 0 Å². The summed E-state index contributed by atoms with van der Waals surface area (Å²) in [6.45, 7) is 2.34. The molecule has 3 N–H and O–H groups in total. The van der Waals surface area contributed by atoms with E-state index in [0.29, 0.717) is 29.8 Å². The molecule has 0 saturated carbocycles. The minimum absolute atomic E-state index is 0.0368. The maximum Gasteiger partial charge on any atom is 0.407 e. The van der Waals surface area contributed by atoms with Crippen LogP contribution in [0.1, 0.15) is 34.6 Å². The van der Waals surface area contributed by atoms with Crippen LogP contribution in [-0.2, 0) is 4.74 Å². The van der Waals surface area contributed by atoms with E-state index in [1.165, 1.54) is 22.3 Å². The average Bonchev–Trinajstić information content (AvgIpc) is 3.11. The Bertz CT molecular complexity index is 1090. The number of halogens is 1. The molecule has 1 aliphatic rings. The van der Waals surface area contributed by atoms with Crippen molar-refractivity contribution in [3.8, 4) is 11.1 Å². The maximum atomic E-state index is 14.1. The number of carbonyl (C=O) groups excluding carboxylic acids is 1. The number of rotatable bonds is 6. The molecule has 4 rings (SSSR count). The third kappa shape index (κ3) is 4.31. The van der Waals surface area contributed by atoms with E-state index in [4.69, 9.17) is 10.5 Å². The van der Waals surface area contributed by atoms with E-state index in [9.17, 15) is 9.18 Å². The first-order valence-electron chi connectivity index (χ1n) is 10.4. The Hall–Kier alpha value is -3.60. The van der Waals surface area contributed by atoms with E-state index in [0.717, 1.165) is 0 Å². The van der Waals surface area contributed by atoms with Gasteiger partial charge in [0.15, 0.2) is 0 Å². The molecule has 0 fully saturated rings. The molecule has 5 heteroatoms. The molecule has 0 atom stereocenters. The standard InChI is InChI=1S/C26H25FN2O2/c1-17-24(28)14-13-18(25(17)27)8-6-7-15-29-26(30)31-16-23-21-11-4-2-9-19(21)20-10-3-5-12-22(20)23/h2-6,8-14,23H,7,15-16,28H2,1H3,(H,29,30). The summed E-state index contributed by atoms with van der Waals surface area (Å²) < 4.78 is 19.6. The van der Waals surface area contributed by atoms with Crippen molar-refractivity contribution in [2.45, 2.75) is 19.3 Å². The van der Waals surface area contributed by atoms with E-state index < -0.39 is 6.09 Å². The fraction of sp³-hybridized carbons (Fsp3) is 0.192. The van der Waals surface area contributed by atoms with Crippen LogP contribution in [0.5, 0.6) is 0 Å². The highest BCUT2D eigenvalue weighted by Gasteiger charge is 2.28. The lowest BCUT2D eigenvalue weighted by Crippen LogP contribution is -2.26. The molecule has 31 heavy (non-hydrogen) atoms. The number of carbonyl (C=O) groups is 1. The van der Waals surface area contributed by atoms with Gasteiger partial charge in [-0.1, -0.05) is 60.7 Å². The summed E-state index contributed by atoms with van der Waals surface area (Å²) in [7, 11) is 0. The highest BCUT2D eigenvalue weighted by molar-refractivity contribution is 5.79. The van der Waals surface area contributed by atoms with Crippen molar-refractivity contribution in [2.24, 2.45) is 0 Å². The van der Waals surface area contributed by atoms with E-state index in [-0.39, 0.29) is 18.3 Å². The van der Waals surface area contributed by atoms with Crippen molar-refractivity contribution < 1.29 is 13.9 Å². The topological polar surface area (TPSA) is 64.3 Å². The predicted octanol–water partition coefficient (Wildman–Crippen LogP) is 5.66. The zero-order valence-corrected chi connectivity index (χ0v) is 17.4. The first-order chi connectivity index (χ1) is 15.1. The number of fused-ring (bicyclic) bond motifs is 3. The molecule has 0 bridgehead atoms. The molecule has 0 heterocycles. The van der Waals surface area contributed by atoms with Gasteiger partial charge in [0.05, 0.1) is 0 Å². The van der Waals surface area contributed by atoms with Crippen LogP contribution < -0.4 is 11.1 Å². The number of nitrogen functional groups attached to an aromatic ring is 1. The third-order valence-corrected chi connectivity index (χ3v) is 5.68. The third-order valence-electron chi connectivity index (χ3n) is 5.68. The van der Waals surface area contributed by atoms with Crippen LogP contribution in [-0.4, -0.2) is 19.2 Å². The van der Waals surface area contributed by atoms with Crippen LogP contribution in [0.3, 0.4) is 0 Å². The summed E-state index contributed by atoms with van der Waals surface area (Å²) in [5, 5.41) is 2.75. The zero-order chi connectivity index (χ0) is 21.8. The average molecular weight is 416 g/mol. The lowest BCUT2D eigenvalue weighted by atomic mass is 9.98. The van der Waals surface area contributed by atoms with Gasteiger partial charge in [0.25, 0.3) is 0 Å². The summed E-state index contributed by atoms with van der Waals surface area (Å²) in [5.41, 5.74) is 11.8. The van der Waals surface area contributed by atoms with E-state index >= 15 is 0 Å². The Morgan fingerprint density at radius 2 is 1.71 bits per heavy atom. The number of nitrogens with two attached hydrogens (primary N) is 1.